The molecule has 0 radical (unpaired) electrons. The van der Waals surface area contributed by atoms with Crippen LogP contribution in [0.2, 0.25) is 0 Å². The average Bonchev–Trinajstić information content (AvgIpc) is 3.01. The van der Waals surface area contributed by atoms with Gasteiger partial charge in [-0.15, -0.1) is 0 Å². The molecule has 0 N–H and O–H groups in total. The number of methoxy groups -OCH3 is 1. The molecule has 1 heterocycles. The Labute approximate surface area is 196 Å². The molecular weight excluding hydrogens is 505 g/mol. The number of carbonyl (C=O) groups excluding carboxylic acids is 3. The van der Waals surface area contributed by atoms with Crippen LogP contribution in [0.3, 0.4) is 0 Å². The number of benzene rings is 2. The van der Waals surface area contributed by atoms with Gasteiger partial charge in [0.25, 0.3) is 11.1 Å². The smallest absolute Gasteiger partial charge is 0.344 e. The van der Waals surface area contributed by atoms with Crippen LogP contribution in [-0.4, -0.2) is 42.3 Å². The van der Waals surface area contributed by atoms with Crippen molar-refractivity contribution >= 4 is 50.9 Å². The first kappa shape index (κ1) is 23.8. The first-order valence-electron chi connectivity index (χ1n) is 9.48. The number of imide groups is 1. The Morgan fingerprint density at radius 3 is 2.69 bits per heavy atom. The van der Waals surface area contributed by atoms with Crippen molar-refractivity contribution in [3.63, 3.8) is 0 Å². The van der Waals surface area contributed by atoms with Crippen LogP contribution < -0.4 is 9.47 Å². The number of nitrogens with zero attached hydrogens (tertiary/aromatic N) is 1. The van der Waals surface area contributed by atoms with Crippen LogP contribution in [0.15, 0.2) is 45.8 Å². The molecule has 32 heavy (non-hydrogen) atoms. The maximum atomic E-state index is 13.9. The van der Waals surface area contributed by atoms with Crippen molar-refractivity contribution in [1.29, 1.82) is 0 Å². The molecule has 2 aromatic carbocycles. The van der Waals surface area contributed by atoms with Crippen LogP contribution in [-0.2, 0) is 20.9 Å². The third-order valence-electron chi connectivity index (χ3n) is 4.35. The van der Waals surface area contributed by atoms with Gasteiger partial charge in [-0.05, 0) is 64.5 Å². The maximum absolute atomic E-state index is 13.9. The van der Waals surface area contributed by atoms with Gasteiger partial charge in [0.15, 0.2) is 18.1 Å². The lowest BCUT2D eigenvalue weighted by atomic mass is 10.1. The predicted octanol–water partition coefficient (Wildman–Crippen LogP) is 4.78. The van der Waals surface area contributed by atoms with Gasteiger partial charge in [0.2, 0.25) is 0 Å². The number of thioether (sulfide) groups is 1. The summed E-state index contributed by atoms with van der Waals surface area (Å²) in [7, 11) is 1.44. The molecule has 0 aliphatic carbocycles. The quantitative estimate of drug-likeness (QED) is 0.363. The molecule has 0 bridgehead atoms. The third kappa shape index (κ3) is 5.49. The Balaban J connectivity index is 1.81. The molecule has 7 nitrogen and oxygen atoms in total. The second-order valence-corrected chi connectivity index (χ2v) is 8.33. The van der Waals surface area contributed by atoms with Crippen molar-refractivity contribution < 1.29 is 33.0 Å². The predicted molar refractivity (Wildman–Crippen MR) is 121 cm³/mol. The number of hydrogen-bond acceptors (Lipinski definition) is 7. The molecule has 1 aliphatic heterocycles. The molecular formula is C22H19BrFNO6S. The van der Waals surface area contributed by atoms with Gasteiger partial charge in [0.05, 0.1) is 29.6 Å². The minimum Gasteiger partial charge on any atom is -0.493 e. The summed E-state index contributed by atoms with van der Waals surface area (Å²) in [6, 6.07) is 9.25. The summed E-state index contributed by atoms with van der Waals surface area (Å²) in [5.74, 6) is -0.900. The molecule has 0 saturated carbocycles. The lowest BCUT2D eigenvalue weighted by Gasteiger charge is -2.13. The fraction of sp³-hybridized carbons (Fsp3) is 0.227. The van der Waals surface area contributed by atoms with Crippen molar-refractivity contribution in [2.75, 3.05) is 20.3 Å². The zero-order chi connectivity index (χ0) is 23.3. The minimum atomic E-state index is -0.519. The maximum Gasteiger partial charge on any atom is 0.344 e. The second-order valence-electron chi connectivity index (χ2n) is 6.49. The highest BCUT2D eigenvalue weighted by Gasteiger charge is 2.35. The van der Waals surface area contributed by atoms with E-state index in [0.717, 1.165) is 16.7 Å². The van der Waals surface area contributed by atoms with Crippen LogP contribution in [0, 0.1) is 5.82 Å². The Kier molecular flexibility index (Phi) is 7.92. The largest absolute Gasteiger partial charge is 0.493 e. The molecule has 0 unspecified atom stereocenters. The molecule has 0 aromatic heterocycles. The highest BCUT2D eigenvalue weighted by atomic mass is 79.9. The summed E-state index contributed by atoms with van der Waals surface area (Å²) in [4.78, 5) is 37.9. The second kappa shape index (κ2) is 10.6. The van der Waals surface area contributed by atoms with Crippen LogP contribution in [0.25, 0.3) is 6.08 Å². The van der Waals surface area contributed by atoms with Crippen molar-refractivity contribution in [1.82, 2.24) is 4.90 Å². The highest BCUT2D eigenvalue weighted by Crippen LogP contribution is 2.39. The van der Waals surface area contributed by atoms with E-state index in [2.05, 4.69) is 15.9 Å². The van der Waals surface area contributed by atoms with Crippen molar-refractivity contribution in [2.24, 2.45) is 0 Å². The Morgan fingerprint density at radius 1 is 1.25 bits per heavy atom. The van der Waals surface area contributed by atoms with Gasteiger partial charge in [0.1, 0.15) is 5.82 Å². The number of carbonyl (C=O) groups is 3. The van der Waals surface area contributed by atoms with E-state index in [1.54, 1.807) is 25.1 Å². The Hall–Kier alpha value is -2.85. The molecule has 3 rings (SSSR count). The average molecular weight is 524 g/mol. The van der Waals surface area contributed by atoms with Gasteiger partial charge in [0, 0.05) is 5.56 Å². The van der Waals surface area contributed by atoms with E-state index < -0.39 is 22.9 Å². The highest BCUT2D eigenvalue weighted by molar-refractivity contribution is 9.10. The summed E-state index contributed by atoms with van der Waals surface area (Å²) < 4.78 is 30.1. The number of rotatable bonds is 8. The van der Waals surface area contributed by atoms with Gasteiger partial charge < -0.3 is 14.2 Å². The van der Waals surface area contributed by atoms with Crippen molar-refractivity contribution in [3.8, 4) is 11.5 Å². The van der Waals surface area contributed by atoms with Crippen LogP contribution in [0.4, 0.5) is 9.18 Å². The van der Waals surface area contributed by atoms with Gasteiger partial charge in [-0.3, -0.25) is 14.5 Å². The zero-order valence-corrected chi connectivity index (χ0v) is 19.6. The normalized spacial score (nSPS) is 14.8. The fourth-order valence-electron chi connectivity index (χ4n) is 2.88. The molecule has 0 atom stereocenters. The topological polar surface area (TPSA) is 82.1 Å². The first-order chi connectivity index (χ1) is 15.3. The molecule has 1 fully saturated rings. The number of amides is 2. The lowest BCUT2D eigenvalue weighted by molar-refractivity contribution is -0.145. The standard InChI is InChI=1S/C22H19BrFNO6S/c1-3-30-19(26)12-31-20-15(23)8-13(9-17(20)29-2)10-18-21(27)25(22(28)32-18)11-14-6-4-5-7-16(14)24/h4-10H,3,11-12H2,1-2H3/b18-10-. The Morgan fingerprint density at radius 2 is 2.00 bits per heavy atom. The van der Waals surface area contributed by atoms with Crippen LogP contribution in [0.5, 0.6) is 11.5 Å². The third-order valence-corrected chi connectivity index (χ3v) is 5.85. The van der Waals surface area contributed by atoms with E-state index >= 15 is 0 Å². The van der Waals surface area contributed by atoms with E-state index in [1.807, 2.05) is 0 Å². The zero-order valence-electron chi connectivity index (χ0n) is 17.2. The number of hydrogen-bond donors (Lipinski definition) is 0. The molecule has 2 amide bonds. The first-order valence-corrected chi connectivity index (χ1v) is 11.1. The van der Waals surface area contributed by atoms with Crippen LogP contribution >= 0.6 is 27.7 Å². The summed E-state index contributed by atoms with van der Waals surface area (Å²) >= 11 is 4.14. The molecule has 10 heteroatoms. The molecule has 0 spiro atoms. The molecule has 1 saturated heterocycles. The van der Waals surface area contributed by atoms with E-state index in [0.29, 0.717) is 21.5 Å². The summed E-state index contributed by atoms with van der Waals surface area (Å²) in [6.45, 7) is 1.49. The van der Waals surface area contributed by atoms with E-state index in [-0.39, 0.29) is 30.2 Å². The molecule has 168 valence electrons. The van der Waals surface area contributed by atoms with Crippen molar-refractivity contribution in [2.45, 2.75) is 13.5 Å². The summed E-state index contributed by atoms with van der Waals surface area (Å²) in [5, 5.41) is -0.482. The molecule has 1 aliphatic rings. The van der Waals surface area contributed by atoms with E-state index in [9.17, 15) is 18.8 Å². The van der Waals surface area contributed by atoms with E-state index in [1.165, 1.54) is 31.4 Å². The van der Waals surface area contributed by atoms with Crippen LogP contribution in [0.1, 0.15) is 18.1 Å². The van der Waals surface area contributed by atoms with Gasteiger partial charge in [-0.25, -0.2) is 9.18 Å². The Bertz CT molecular complexity index is 1090. The number of ether oxygens (including phenoxy) is 3. The summed E-state index contributed by atoms with van der Waals surface area (Å²) in [6.07, 6.45) is 1.54. The van der Waals surface area contributed by atoms with Gasteiger partial charge in [-0.2, -0.15) is 0 Å². The monoisotopic (exact) mass is 523 g/mol. The number of esters is 1. The van der Waals surface area contributed by atoms with Crippen molar-refractivity contribution in [3.05, 3.63) is 62.7 Å². The fourth-order valence-corrected chi connectivity index (χ4v) is 4.29. The van der Waals surface area contributed by atoms with E-state index in [4.69, 9.17) is 14.2 Å². The number of halogens is 2. The lowest BCUT2D eigenvalue weighted by Crippen LogP contribution is -2.27. The minimum absolute atomic E-state index is 0.150. The SMILES string of the molecule is CCOC(=O)COc1c(Br)cc(/C=C2\SC(=O)N(Cc3ccccc3F)C2=O)cc1OC. The van der Waals surface area contributed by atoms with Gasteiger partial charge in [-0.1, -0.05) is 18.2 Å². The van der Waals surface area contributed by atoms with Gasteiger partial charge >= 0.3 is 5.97 Å². The molecule has 2 aromatic rings. The summed E-state index contributed by atoms with van der Waals surface area (Å²) in [5.41, 5.74) is 0.817.